The molecular weight excluding hydrogens is 352 g/mol. The second-order valence-electron chi connectivity index (χ2n) is 6.82. The molecule has 0 aliphatic carbocycles. The topological polar surface area (TPSA) is 73.5 Å². The molecule has 2 N–H and O–H groups in total. The lowest BCUT2D eigenvalue weighted by atomic mass is 10.0. The number of nitrogens with zero attached hydrogens (tertiary/aromatic N) is 2. The number of rotatable bonds is 7. The third-order valence-corrected chi connectivity index (χ3v) is 5.21. The van der Waals surface area contributed by atoms with Crippen LogP contribution in [0.1, 0.15) is 39.8 Å². The van der Waals surface area contributed by atoms with Gasteiger partial charge in [-0.1, -0.05) is 0 Å². The van der Waals surface area contributed by atoms with Crippen LogP contribution in [0.5, 0.6) is 5.75 Å². The summed E-state index contributed by atoms with van der Waals surface area (Å²) in [7, 11) is 1.66. The van der Waals surface area contributed by atoms with E-state index in [1.165, 1.54) is 0 Å². The molecule has 0 bridgehead atoms. The number of H-pyrrole nitrogens is 2. The van der Waals surface area contributed by atoms with Gasteiger partial charge in [0.1, 0.15) is 5.75 Å². The van der Waals surface area contributed by atoms with Crippen molar-refractivity contribution in [3.05, 3.63) is 46.9 Å². The minimum absolute atomic E-state index is 0.140. The molecule has 2 aromatic heterocycles. The number of amides is 1. The third kappa shape index (κ3) is 3.81. The van der Waals surface area contributed by atoms with E-state index in [2.05, 4.69) is 9.97 Å². The molecule has 148 valence electrons. The van der Waals surface area contributed by atoms with Crippen molar-refractivity contribution < 1.29 is 9.53 Å². The van der Waals surface area contributed by atoms with Crippen LogP contribution in [-0.2, 0) is 4.79 Å². The van der Waals surface area contributed by atoms with Crippen LogP contribution in [0.3, 0.4) is 0 Å². The second-order valence-corrected chi connectivity index (χ2v) is 6.82. The molecule has 0 radical (unpaired) electrons. The Morgan fingerprint density at radius 1 is 1.25 bits per heavy atom. The molecule has 0 fully saturated rings. The van der Waals surface area contributed by atoms with E-state index in [-0.39, 0.29) is 5.91 Å². The molecular formula is C22H28N4O2. The summed E-state index contributed by atoms with van der Waals surface area (Å²) in [6.45, 7) is 9.44. The van der Waals surface area contributed by atoms with Crippen LogP contribution in [0, 0.1) is 0 Å². The summed E-state index contributed by atoms with van der Waals surface area (Å²) in [6.07, 6.45) is 4.26. The van der Waals surface area contributed by atoms with Gasteiger partial charge in [-0.05, 0) is 57.0 Å². The number of carbonyl (C=O) groups excluding carboxylic acids is 1. The van der Waals surface area contributed by atoms with Gasteiger partial charge in [0, 0.05) is 31.1 Å². The van der Waals surface area contributed by atoms with E-state index in [0.717, 1.165) is 58.5 Å². The van der Waals surface area contributed by atoms with Gasteiger partial charge >= 0.3 is 0 Å². The number of aromatic amines is 2. The lowest BCUT2D eigenvalue weighted by Gasteiger charge is -2.19. The zero-order chi connectivity index (χ0) is 20.3. The van der Waals surface area contributed by atoms with Crippen LogP contribution in [0.25, 0.3) is 17.5 Å². The number of nitrogens with one attached hydrogen (secondary N) is 2. The number of aromatic nitrogens is 2. The fourth-order valence-corrected chi connectivity index (χ4v) is 3.51. The standard InChI is InChI=1S/C22H28N4O2/c1-6-26(7-2)22(27)11-16-14(3)18(24-15(16)4)12-20-21(28-5)13-19(25-20)17-9-8-10-23-17/h8-10,12-13,23,25H,6-7,11H2,1-5H3/b18-12-. The Balaban J connectivity index is 1.91. The van der Waals surface area contributed by atoms with Gasteiger partial charge in [0.15, 0.2) is 0 Å². The fourth-order valence-electron chi connectivity index (χ4n) is 3.51. The summed E-state index contributed by atoms with van der Waals surface area (Å²) in [5, 5.41) is 0. The number of carbonyl (C=O) groups is 1. The van der Waals surface area contributed by atoms with Crippen molar-refractivity contribution in [3.8, 4) is 17.1 Å². The normalized spacial score (nSPS) is 15.3. The minimum atomic E-state index is 0.140. The first-order valence-electron chi connectivity index (χ1n) is 9.64. The number of allylic oxidation sites excluding steroid dienone is 1. The number of aliphatic imine (C=N–C) groups is 1. The van der Waals surface area contributed by atoms with E-state index in [4.69, 9.17) is 9.73 Å². The van der Waals surface area contributed by atoms with Crippen LogP contribution in [-0.4, -0.2) is 46.7 Å². The van der Waals surface area contributed by atoms with E-state index in [1.807, 2.05) is 63.1 Å². The molecule has 1 amide bonds. The van der Waals surface area contributed by atoms with Crippen molar-refractivity contribution in [1.82, 2.24) is 14.9 Å². The van der Waals surface area contributed by atoms with Gasteiger partial charge in [-0.3, -0.25) is 9.79 Å². The molecule has 6 nitrogen and oxygen atoms in total. The predicted octanol–water partition coefficient (Wildman–Crippen LogP) is 4.41. The summed E-state index contributed by atoms with van der Waals surface area (Å²) in [4.78, 5) is 25.7. The van der Waals surface area contributed by atoms with Crippen molar-refractivity contribution in [3.63, 3.8) is 0 Å². The largest absolute Gasteiger partial charge is 0.494 e. The van der Waals surface area contributed by atoms with E-state index in [9.17, 15) is 4.79 Å². The second kappa shape index (κ2) is 8.33. The maximum Gasteiger partial charge on any atom is 0.227 e. The Kier molecular flexibility index (Phi) is 5.87. The van der Waals surface area contributed by atoms with Gasteiger partial charge in [-0.25, -0.2) is 0 Å². The zero-order valence-electron chi connectivity index (χ0n) is 17.2. The molecule has 1 aliphatic rings. The molecule has 2 aromatic rings. The average molecular weight is 380 g/mol. The molecule has 28 heavy (non-hydrogen) atoms. The van der Waals surface area contributed by atoms with Crippen molar-refractivity contribution in [2.24, 2.45) is 4.99 Å². The summed E-state index contributed by atoms with van der Waals surface area (Å²) < 4.78 is 5.53. The average Bonchev–Trinajstić information content (AvgIpc) is 3.39. The molecule has 3 rings (SSSR count). The van der Waals surface area contributed by atoms with Gasteiger partial charge in [-0.2, -0.15) is 0 Å². The molecule has 1 aliphatic heterocycles. The molecule has 0 unspecified atom stereocenters. The molecule has 0 spiro atoms. The minimum Gasteiger partial charge on any atom is -0.494 e. The van der Waals surface area contributed by atoms with Crippen LogP contribution >= 0.6 is 0 Å². The van der Waals surface area contributed by atoms with Gasteiger partial charge < -0.3 is 19.6 Å². The monoisotopic (exact) mass is 380 g/mol. The maximum atomic E-state index is 12.5. The first kappa shape index (κ1) is 19.7. The summed E-state index contributed by atoms with van der Waals surface area (Å²) in [5.41, 5.74) is 6.61. The van der Waals surface area contributed by atoms with E-state index >= 15 is 0 Å². The van der Waals surface area contributed by atoms with Crippen molar-refractivity contribution in [1.29, 1.82) is 0 Å². The Morgan fingerprint density at radius 2 is 2.00 bits per heavy atom. The maximum absolute atomic E-state index is 12.5. The third-order valence-electron chi connectivity index (χ3n) is 5.21. The Labute approximate surface area is 166 Å². The predicted molar refractivity (Wildman–Crippen MR) is 113 cm³/mol. The van der Waals surface area contributed by atoms with Crippen molar-refractivity contribution in [2.45, 2.75) is 34.1 Å². The molecule has 0 saturated heterocycles. The molecule has 6 heteroatoms. The number of ether oxygens (including phenoxy) is 1. The molecule has 0 saturated carbocycles. The van der Waals surface area contributed by atoms with Gasteiger partial charge in [0.2, 0.25) is 5.91 Å². The summed E-state index contributed by atoms with van der Waals surface area (Å²) >= 11 is 0. The quantitative estimate of drug-likeness (QED) is 0.747. The molecule has 0 aromatic carbocycles. The number of methoxy groups -OCH3 is 1. The highest BCUT2D eigenvalue weighted by Crippen LogP contribution is 2.33. The number of hydrogen-bond acceptors (Lipinski definition) is 3. The van der Waals surface area contributed by atoms with Crippen LogP contribution in [0.15, 0.2) is 46.2 Å². The lowest BCUT2D eigenvalue weighted by Crippen LogP contribution is -2.31. The summed E-state index contributed by atoms with van der Waals surface area (Å²) in [5.74, 6) is 0.895. The van der Waals surface area contributed by atoms with Crippen LogP contribution in [0.4, 0.5) is 0 Å². The van der Waals surface area contributed by atoms with Crippen molar-refractivity contribution in [2.75, 3.05) is 20.2 Å². The highest BCUT2D eigenvalue weighted by molar-refractivity contribution is 6.07. The summed E-state index contributed by atoms with van der Waals surface area (Å²) in [6, 6.07) is 5.92. The van der Waals surface area contributed by atoms with E-state index in [1.54, 1.807) is 7.11 Å². The van der Waals surface area contributed by atoms with Crippen LogP contribution in [0.2, 0.25) is 0 Å². The SMILES string of the molecule is CCN(CC)C(=O)CC1=C(C)/C(=C/c2[nH]c(-c3ccc[nH]3)cc2OC)N=C1C. The fraction of sp³-hybridized carbons (Fsp3) is 0.364. The van der Waals surface area contributed by atoms with E-state index in [0.29, 0.717) is 6.42 Å². The van der Waals surface area contributed by atoms with Crippen LogP contribution < -0.4 is 4.74 Å². The first-order valence-corrected chi connectivity index (χ1v) is 9.64. The van der Waals surface area contributed by atoms with Crippen molar-refractivity contribution >= 4 is 17.7 Å². The molecule has 0 atom stereocenters. The van der Waals surface area contributed by atoms with Gasteiger partial charge in [-0.15, -0.1) is 0 Å². The number of hydrogen-bond donors (Lipinski definition) is 2. The smallest absolute Gasteiger partial charge is 0.227 e. The van der Waals surface area contributed by atoms with E-state index < -0.39 is 0 Å². The Morgan fingerprint density at radius 3 is 2.61 bits per heavy atom. The first-order chi connectivity index (χ1) is 13.5. The van der Waals surface area contributed by atoms with Gasteiger partial charge in [0.05, 0.1) is 36.3 Å². The zero-order valence-corrected chi connectivity index (χ0v) is 17.2. The lowest BCUT2D eigenvalue weighted by molar-refractivity contribution is -0.129. The Hall–Kier alpha value is -3.02. The Bertz CT molecular complexity index is 941. The highest BCUT2D eigenvalue weighted by Gasteiger charge is 2.22. The highest BCUT2D eigenvalue weighted by atomic mass is 16.5. The van der Waals surface area contributed by atoms with Gasteiger partial charge in [0.25, 0.3) is 0 Å². The molecule has 3 heterocycles.